The van der Waals surface area contributed by atoms with Crippen LogP contribution in [0.25, 0.3) is 0 Å². The summed E-state index contributed by atoms with van der Waals surface area (Å²) in [4.78, 5) is 15.6. The van der Waals surface area contributed by atoms with Crippen molar-refractivity contribution < 1.29 is 22.7 Å². The minimum atomic E-state index is -3.53. The molecular formula is C22H32N2O5S. The van der Waals surface area contributed by atoms with E-state index in [1.165, 1.54) is 4.31 Å². The Hall–Kier alpha value is -1.48. The van der Waals surface area contributed by atoms with Crippen molar-refractivity contribution in [3.05, 3.63) is 29.3 Å². The molecule has 1 atom stereocenters. The number of piperidine rings is 2. The van der Waals surface area contributed by atoms with Gasteiger partial charge < -0.3 is 14.4 Å². The number of sulfonamides is 1. The average Bonchev–Trinajstić information content (AvgIpc) is 3.30. The van der Waals surface area contributed by atoms with Crippen LogP contribution in [0.2, 0.25) is 0 Å². The molecule has 0 saturated carbocycles. The second kappa shape index (κ2) is 8.94. The molecule has 3 aliphatic heterocycles. The molecule has 1 amide bonds. The van der Waals surface area contributed by atoms with Crippen molar-refractivity contribution in [1.82, 2.24) is 9.21 Å². The van der Waals surface area contributed by atoms with Gasteiger partial charge in [-0.3, -0.25) is 4.79 Å². The lowest BCUT2D eigenvalue weighted by atomic mass is 9.93. The molecule has 3 heterocycles. The fourth-order valence-corrected chi connectivity index (χ4v) is 6.27. The first kappa shape index (κ1) is 21.7. The molecular weight excluding hydrogens is 404 g/mol. The maximum atomic E-state index is 13.3. The highest BCUT2D eigenvalue weighted by atomic mass is 32.2. The Balaban J connectivity index is 1.40. The third-order valence-electron chi connectivity index (χ3n) is 6.71. The van der Waals surface area contributed by atoms with E-state index in [1.54, 1.807) is 12.1 Å². The molecule has 3 saturated heterocycles. The van der Waals surface area contributed by atoms with E-state index in [0.29, 0.717) is 44.0 Å². The number of benzene rings is 1. The molecule has 0 spiro atoms. The molecule has 166 valence electrons. The van der Waals surface area contributed by atoms with E-state index >= 15 is 0 Å². The van der Waals surface area contributed by atoms with Gasteiger partial charge in [0.2, 0.25) is 15.9 Å². The number of aryl methyl sites for hydroxylation is 2. The summed E-state index contributed by atoms with van der Waals surface area (Å²) >= 11 is 0. The van der Waals surface area contributed by atoms with Gasteiger partial charge >= 0.3 is 0 Å². The first-order chi connectivity index (χ1) is 14.4. The van der Waals surface area contributed by atoms with Crippen LogP contribution < -0.4 is 0 Å². The second-order valence-corrected chi connectivity index (χ2v) is 10.6. The van der Waals surface area contributed by atoms with Crippen LogP contribution in [-0.2, 0) is 24.3 Å². The lowest BCUT2D eigenvalue weighted by Crippen LogP contribution is -2.53. The van der Waals surface area contributed by atoms with Gasteiger partial charge in [0.25, 0.3) is 0 Å². The number of carbonyl (C=O) groups excluding carboxylic acids is 1. The Labute approximate surface area is 179 Å². The first-order valence-electron chi connectivity index (χ1n) is 11.0. The standard InChI is InChI=1S/C22H32N2O5S/c1-16-6-7-19(15-17(16)2)30(26,27)23-11-8-18(9-12-23)21(25)24-10-4-3-5-20(24)22-28-13-14-29-22/h6-7,15,18,20,22H,3-5,8-14H2,1-2H3/t20-/m1/s1. The summed E-state index contributed by atoms with van der Waals surface area (Å²) in [6.07, 6.45) is 3.76. The average molecular weight is 437 g/mol. The second-order valence-electron chi connectivity index (χ2n) is 8.63. The zero-order valence-electron chi connectivity index (χ0n) is 17.9. The van der Waals surface area contributed by atoms with Gasteiger partial charge in [0.15, 0.2) is 6.29 Å². The molecule has 3 fully saturated rings. The van der Waals surface area contributed by atoms with Gasteiger partial charge in [-0.25, -0.2) is 8.42 Å². The van der Waals surface area contributed by atoms with E-state index in [2.05, 4.69) is 0 Å². The Morgan fingerprint density at radius 2 is 1.67 bits per heavy atom. The van der Waals surface area contributed by atoms with Gasteiger partial charge in [-0.15, -0.1) is 0 Å². The van der Waals surface area contributed by atoms with Gasteiger partial charge in [-0.2, -0.15) is 4.31 Å². The zero-order valence-corrected chi connectivity index (χ0v) is 18.7. The predicted molar refractivity (Wildman–Crippen MR) is 112 cm³/mol. The van der Waals surface area contributed by atoms with Crippen LogP contribution in [0, 0.1) is 19.8 Å². The Morgan fingerprint density at radius 3 is 2.33 bits per heavy atom. The third kappa shape index (κ3) is 4.28. The Bertz CT molecular complexity index is 874. The topological polar surface area (TPSA) is 76.2 Å². The van der Waals surface area contributed by atoms with Crippen molar-refractivity contribution in [2.24, 2.45) is 5.92 Å². The minimum Gasteiger partial charge on any atom is -0.348 e. The third-order valence-corrected chi connectivity index (χ3v) is 8.61. The number of carbonyl (C=O) groups is 1. The quantitative estimate of drug-likeness (QED) is 0.725. The fourth-order valence-electron chi connectivity index (χ4n) is 4.71. The molecule has 30 heavy (non-hydrogen) atoms. The van der Waals surface area contributed by atoms with Crippen LogP contribution in [0.5, 0.6) is 0 Å². The number of hydrogen-bond acceptors (Lipinski definition) is 5. The van der Waals surface area contributed by atoms with Crippen LogP contribution in [0.1, 0.15) is 43.2 Å². The van der Waals surface area contributed by atoms with E-state index in [-0.39, 0.29) is 24.2 Å². The molecule has 0 radical (unpaired) electrons. The van der Waals surface area contributed by atoms with Crippen LogP contribution in [-0.4, -0.2) is 68.7 Å². The maximum absolute atomic E-state index is 13.3. The summed E-state index contributed by atoms with van der Waals surface area (Å²) in [5, 5.41) is 0. The fraction of sp³-hybridized carbons (Fsp3) is 0.682. The number of amides is 1. The van der Waals surface area contributed by atoms with Crippen LogP contribution in [0.4, 0.5) is 0 Å². The SMILES string of the molecule is Cc1ccc(S(=O)(=O)N2CCC(C(=O)N3CCCC[C@@H]3C3OCCO3)CC2)cc1C. The lowest BCUT2D eigenvalue weighted by molar-refractivity contribution is -0.155. The molecule has 0 unspecified atom stereocenters. The summed E-state index contributed by atoms with van der Waals surface area (Å²) in [6, 6.07) is 5.24. The van der Waals surface area contributed by atoms with Crippen molar-refractivity contribution in [2.75, 3.05) is 32.8 Å². The van der Waals surface area contributed by atoms with Gasteiger partial charge in [0, 0.05) is 25.6 Å². The van der Waals surface area contributed by atoms with Crippen molar-refractivity contribution in [3.8, 4) is 0 Å². The smallest absolute Gasteiger partial charge is 0.243 e. The highest BCUT2D eigenvalue weighted by molar-refractivity contribution is 7.89. The molecule has 1 aromatic carbocycles. The van der Waals surface area contributed by atoms with Gasteiger partial charge in [0.05, 0.1) is 24.2 Å². The number of rotatable bonds is 4. The predicted octanol–water partition coefficient (Wildman–Crippen LogP) is 2.46. The Kier molecular flexibility index (Phi) is 6.48. The first-order valence-corrected chi connectivity index (χ1v) is 12.4. The maximum Gasteiger partial charge on any atom is 0.243 e. The number of hydrogen-bond donors (Lipinski definition) is 0. The van der Waals surface area contributed by atoms with Crippen molar-refractivity contribution >= 4 is 15.9 Å². The van der Waals surface area contributed by atoms with Crippen molar-refractivity contribution in [3.63, 3.8) is 0 Å². The van der Waals surface area contributed by atoms with Crippen molar-refractivity contribution in [2.45, 2.75) is 63.2 Å². The van der Waals surface area contributed by atoms with Gasteiger partial charge in [0.1, 0.15) is 0 Å². The number of ether oxygens (including phenoxy) is 2. The molecule has 0 bridgehead atoms. The molecule has 0 N–H and O–H groups in total. The zero-order chi connectivity index (χ0) is 21.3. The largest absolute Gasteiger partial charge is 0.348 e. The van der Waals surface area contributed by atoms with E-state index < -0.39 is 10.0 Å². The molecule has 3 aliphatic rings. The van der Waals surface area contributed by atoms with E-state index in [0.717, 1.165) is 36.9 Å². The lowest BCUT2D eigenvalue weighted by Gasteiger charge is -2.41. The number of nitrogens with zero attached hydrogens (tertiary/aromatic N) is 2. The molecule has 4 rings (SSSR count). The summed E-state index contributed by atoms with van der Waals surface area (Å²) in [5.74, 6) is -0.0137. The summed E-state index contributed by atoms with van der Waals surface area (Å²) in [5.41, 5.74) is 2.04. The number of likely N-dealkylation sites (tertiary alicyclic amines) is 1. The minimum absolute atomic E-state index is 0.0222. The monoisotopic (exact) mass is 436 g/mol. The summed E-state index contributed by atoms with van der Waals surface area (Å²) in [7, 11) is -3.53. The van der Waals surface area contributed by atoms with Crippen LogP contribution >= 0.6 is 0 Å². The Morgan fingerprint density at radius 1 is 0.967 bits per heavy atom. The van der Waals surface area contributed by atoms with E-state index in [9.17, 15) is 13.2 Å². The summed E-state index contributed by atoms with van der Waals surface area (Å²) < 4.78 is 39.0. The van der Waals surface area contributed by atoms with Crippen molar-refractivity contribution in [1.29, 1.82) is 0 Å². The molecule has 8 heteroatoms. The van der Waals surface area contributed by atoms with Crippen LogP contribution in [0.3, 0.4) is 0 Å². The van der Waals surface area contributed by atoms with Gasteiger partial charge in [-0.1, -0.05) is 6.07 Å². The van der Waals surface area contributed by atoms with Crippen LogP contribution in [0.15, 0.2) is 23.1 Å². The van der Waals surface area contributed by atoms with E-state index in [1.807, 2.05) is 24.8 Å². The molecule has 7 nitrogen and oxygen atoms in total. The highest BCUT2D eigenvalue weighted by Gasteiger charge is 2.40. The molecule has 1 aromatic rings. The molecule has 0 aliphatic carbocycles. The normalized spacial score (nSPS) is 25.0. The molecule has 0 aromatic heterocycles. The van der Waals surface area contributed by atoms with E-state index in [4.69, 9.17) is 9.47 Å². The van der Waals surface area contributed by atoms with Gasteiger partial charge in [-0.05, 0) is 69.2 Å². The summed E-state index contributed by atoms with van der Waals surface area (Å²) in [6.45, 7) is 6.54. The highest BCUT2D eigenvalue weighted by Crippen LogP contribution is 2.30.